The molecular weight excluding hydrogens is 292 g/mol. The number of para-hydroxylation sites is 1. The first-order chi connectivity index (χ1) is 11.0. The Kier molecular flexibility index (Phi) is 3.93. The summed E-state index contributed by atoms with van der Waals surface area (Å²) in [5.74, 6) is 0.814. The summed E-state index contributed by atoms with van der Waals surface area (Å²) in [6, 6.07) is 7.99. The molecule has 0 bridgehead atoms. The normalized spacial score (nSPS) is 15.7. The number of hydrogen-bond donors (Lipinski definition) is 2. The van der Waals surface area contributed by atoms with E-state index in [1.807, 2.05) is 25.1 Å². The molecule has 2 aromatic rings. The lowest BCUT2D eigenvalue weighted by Crippen LogP contribution is -2.40. The summed E-state index contributed by atoms with van der Waals surface area (Å²) < 4.78 is 1.71. The van der Waals surface area contributed by atoms with Crippen LogP contribution in [0.2, 0.25) is 0 Å². The van der Waals surface area contributed by atoms with Crippen molar-refractivity contribution in [2.75, 3.05) is 6.61 Å². The topological polar surface area (TPSA) is 80.0 Å². The van der Waals surface area contributed by atoms with E-state index < -0.39 is 5.54 Å². The molecule has 1 aromatic heterocycles. The van der Waals surface area contributed by atoms with Crippen molar-refractivity contribution >= 4 is 5.91 Å². The number of carbonyl (C=O) groups excluding carboxylic acids is 1. The van der Waals surface area contributed by atoms with Gasteiger partial charge in [0.2, 0.25) is 5.82 Å². The lowest BCUT2D eigenvalue weighted by atomic mass is 10.0. The molecule has 1 aliphatic rings. The predicted octanol–water partition coefficient (Wildman–Crippen LogP) is 1.95. The van der Waals surface area contributed by atoms with Crippen molar-refractivity contribution in [3.63, 3.8) is 0 Å². The minimum Gasteiger partial charge on any atom is -0.394 e. The molecule has 2 N–H and O–H groups in total. The van der Waals surface area contributed by atoms with Crippen molar-refractivity contribution < 1.29 is 9.90 Å². The van der Waals surface area contributed by atoms with Crippen LogP contribution >= 0.6 is 0 Å². The van der Waals surface area contributed by atoms with Crippen molar-refractivity contribution in [3.05, 3.63) is 41.5 Å². The van der Waals surface area contributed by atoms with Crippen molar-refractivity contribution in [3.8, 4) is 5.69 Å². The number of rotatable bonds is 5. The van der Waals surface area contributed by atoms with Crippen LogP contribution in [-0.4, -0.2) is 37.9 Å². The quantitative estimate of drug-likeness (QED) is 0.884. The van der Waals surface area contributed by atoms with Crippen molar-refractivity contribution in [1.29, 1.82) is 0 Å². The average molecular weight is 314 g/mol. The van der Waals surface area contributed by atoms with Gasteiger partial charge in [-0.3, -0.25) is 4.79 Å². The molecule has 0 spiro atoms. The van der Waals surface area contributed by atoms with E-state index in [2.05, 4.69) is 35.3 Å². The highest BCUT2D eigenvalue weighted by atomic mass is 16.3. The van der Waals surface area contributed by atoms with E-state index in [1.165, 1.54) is 0 Å². The molecule has 0 aliphatic heterocycles. The zero-order chi connectivity index (χ0) is 16.6. The summed E-state index contributed by atoms with van der Waals surface area (Å²) in [5.41, 5.74) is 1.63. The third-order valence-corrected chi connectivity index (χ3v) is 4.29. The van der Waals surface area contributed by atoms with Gasteiger partial charge in [0, 0.05) is 0 Å². The second kappa shape index (κ2) is 5.77. The van der Waals surface area contributed by atoms with E-state index in [9.17, 15) is 9.90 Å². The Balaban J connectivity index is 1.91. The number of aromatic nitrogens is 3. The van der Waals surface area contributed by atoms with Gasteiger partial charge in [0.1, 0.15) is 5.82 Å². The number of amides is 1. The van der Waals surface area contributed by atoms with Gasteiger partial charge in [-0.2, -0.15) is 0 Å². The van der Waals surface area contributed by atoms with Gasteiger partial charge in [-0.15, -0.1) is 5.10 Å². The van der Waals surface area contributed by atoms with Gasteiger partial charge in [-0.05, 0) is 37.3 Å². The van der Waals surface area contributed by atoms with E-state index in [0.29, 0.717) is 11.7 Å². The largest absolute Gasteiger partial charge is 0.394 e. The van der Waals surface area contributed by atoms with Crippen LogP contribution in [0.25, 0.3) is 5.69 Å². The minimum atomic E-state index is -0.466. The van der Waals surface area contributed by atoms with E-state index in [0.717, 1.165) is 24.1 Å². The number of benzene rings is 1. The molecule has 1 aliphatic carbocycles. The molecule has 0 radical (unpaired) electrons. The Morgan fingerprint density at radius 3 is 2.70 bits per heavy atom. The third-order valence-electron chi connectivity index (χ3n) is 4.29. The van der Waals surface area contributed by atoms with Gasteiger partial charge in [0.15, 0.2) is 0 Å². The van der Waals surface area contributed by atoms with Crippen LogP contribution in [0.3, 0.4) is 0 Å². The maximum absolute atomic E-state index is 12.3. The molecule has 1 amide bonds. The second-order valence-corrected chi connectivity index (χ2v) is 6.50. The fourth-order valence-corrected chi connectivity index (χ4v) is 2.65. The number of hydrogen-bond acceptors (Lipinski definition) is 4. The van der Waals surface area contributed by atoms with Crippen molar-refractivity contribution in [1.82, 2.24) is 20.1 Å². The average Bonchev–Trinajstić information content (AvgIpc) is 3.20. The number of nitrogens with zero attached hydrogens (tertiary/aromatic N) is 3. The van der Waals surface area contributed by atoms with Gasteiger partial charge >= 0.3 is 0 Å². The molecule has 6 heteroatoms. The third kappa shape index (κ3) is 2.99. The molecule has 23 heavy (non-hydrogen) atoms. The summed E-state index contributed by atoms with van der Waals surface area (Å²) in [4.78, 5) is 16.6. The Labute approximate surface area is 135 Å². The van der Waals surface area contributed by atoms with Crippen molar-refractivity contribution in [2.24, 2.45) is 0 Å². The van der Waals surface area contributed by atoms with Crippen LogP contribution < -0.4 is 5.32 Å². The second-order valence-electron chi connectivity index (χ2n) is 6.50. The number of aliphatic hydroxyl groups is 1. The Morgan fingerprint density at radius 2 is 2.09 bits per heavy atom. The maximum Gasteiger partial charge on any atom is 0.291 e. The van der Waals surface area contributed by atoms with Crippen LogP contribution in [-0.2, 0) is 0 Å². The maximum atomic E-state index is 12.3. The summed E-state index contributed by atoms with van der Waals surface area (Å²) in [5, 5.41) is 16.5. The van der Waals surface area contributed by atoms with Gasteiger partial charge in [-0.1, -0.05) is 32.0 Å². The molecule has 0 unspecified atom stereocenters. The smallest absolute Gasteiger partial charge is 0.291 e. The summed E-state index contributed by atoms with van der Waals surface area (Å²) in [6.07, 6.45) is 1.59. The number of aliphatic hydroxyl groups excluding tert-OH is 1. The Bertz CT molecular complexity index is 732. The number of aryl methyl sites for hydroxylation is 1. The Morgan fingerprint density at radius 1 is 1.39 bits per heavy atom. The summed E-state index contributed by atoms with van der Waals surface area (Å²) in [6.45, 7) is 6.03. The molecule has 1 heterocycles. The van der Waals surface area contributed by atoms with Crippen molar-refractivity contribution in [2.45, 2.75) is 45.1 Å². The monoisotopic (exact) mass is 314 g/mol. The first-order valence-corrected chi connectivity index (χ1v) is 7.92. The minimum absolute atomic E-state index is 0.0470. The highest BCUT2D eigenvalue weighted by Crippen LogP contribution is 2.34. The summed E-state index contributed by atoms with van der Waals surface area (Å²) in [7, 11) is 0. The molecule has 1 aromatic carbocycles. The Hall–Kier alpha value is -2.21. The molecule has 0 atom stereocenters. The number of carbonyl (C=O) groups is 1. The van der Waals surface area contributed by atoms with E-state index in [-0.39, 0.29) is 18.3 Å². The van der Waals surface area contributed by atoms with Gasteiger partial charge in [0.05, 0.1) is 17.8 Å². The van der Waals surface area contributed by atoms with Gasteiger partial charge in [0.25, 0.3) is 5.91 Å². The van der Waals surface area contributed by atoms with Crippen LogP contribution in [0.4, 0.5) is 0 Å². The molecule has 1 fully saturated rings. The van der Waals surface area contributed by atoms with E-state index in [4.69, 9.17) is 0 Å². The molecule has 1 saturated carbocycles. The van der Waals surface area contributed by atoms with Crippen LogP contribution in [0, 0.1) is 6.92 Å². The van der Waals surface area contributed by atoms with Crippen LogP contribution in [0.15, 0.2) is 24.3 Å². The molecule has 0 saturated heterocycles. The molecule has 122 valence electrons. The van der Waals surface area contributed by atoms with Gasteiger partial charge < -0.3 is 10.4 Å². The lowest BCUT2D eigenvalue weighted by molar-refractivity contribution is 0.0896. The zero-order valence-electron chi connectivity index (χ0n) is 13.7. The zero-order valence-corrected chi connectivity index (χ0v) is 13.7. The standard InChI is InChI=1S/C17H22N4O2/c1-11(2)13-6-4-5-7-14(13)21-12(3)18-15(20-21)16(23)19-17(10-22)8-9-17/h4-7,11,22H,8-10H2,1-3H3,(H,19,23). The molecular formula is C17H22N4O2. The van der Waals surface area contributed by atoms with Crippen LogP contribution in [0.5, 0.6) is 0 Å². The molecule has 6 nitrogen and oxygen atoms in total. The predicted molar refractivity (Wildman–Crippen MR) is 86.7 cm³/mol. The van der Waals surface area contributed by atoms with Gasteiger partial charge in [-0.25, -0.2) is 9.67 Å². The first-order valence-electron chi connectivity index (χ1n) is 7.92. The fourth-order valence-electron chi connectivity index (χ4n) is 2.65. The number of nitrogens with one attached hydrogen (secondary N) is 1. The summed E-state index contributed by atoms with van der Waals surface area (Å²) >= 11 is 0. The lowest BCUT2D eigenvalue weighted by Gasteiger charge is -2.13. The van der Waals surface area contributed by atoms with E-state index >= 15 is 0 Å². The highest BCUT2D eigenvalue weighted by Gasteiger charge is 2.44. The molecule has 3 rings (SSSR count). The SMILES string of the molecule is Cc1nc(C(=O)NC2(CO)CC2)nn1-c1ccccc1C(C)C. The van der Waals surface area contributed by atoms with Crippen LogP contribution in [0.1, 0.15) is 54.6 Å². The first kappa shape index (κ1) is 15.7. The highest BCUT2D eigenvalue weighted by molar-refractivity contribution is 5.91. The fraction of sp³-hybridized carbons (Fsp3) is 0.471. The van der Waals surface area contributed by atoms with E-state index in [1.54, 1.807) is 4.68 Å².